The summed E-state index contributed by atoms with van der Waals surface area (Å²) in [6.45, 7) is 4.93. The molecule has 0 bridgehead atoms. The number of likely N-dealkylation sites (N-methyl/N-ethyl adjacent to an activating group) is 1. The van der Waals surface area contributed by atoms with Crippen LogP contribution in [0.5, 0.6) is 0 Å². The first-order chi connectivity index (χ1) is 16.7. The zero-order chi connectivity index (χ0) is 26.4. The minimum atomic E-state index is -1.03. The third-order valence-electron chi connectivity index (χ3n) is 7.13. The molecule has 216 valence electrons. The fraction of sp³-hybridized carbons (Fsp3) is 0.933. The maximum atomic E-state index is 12.4. The van der Waals surface area contributed by atoms with Crippen LogP contribution >= 0.6 is 0 Å². The zero-order valence-electron chi connectivity index (χ0n) is 24.2. The van der Waals surface area contributed by atoms with Gasteiger partial charge in [-0.15, -0.1) is 0 Å². The van der Waals surface area contributed by atoms with Crippen molar-refractivity contribution in [3.8, 4) is 0 Å². The highest BCUT2D eigenvalue weighted by Gasteiger charge is 2.30. The van der Waals surface area contributed by atoms with E-state index < -0.39 is 12.2 Å². The Kier molecular flexibility index (Phi) is 26.0. The van der Waals surface area contributed by atoms with E-state index in [0.717, 1.165) is 38.5 Å². The second-order valence-electron chi connectivity index (χ2n) is 11.4. The molecule has 2 unspecified atom stereocenters. The molecule has 0 spiro atoms. The molecule has 0 saturated carbocycles. The van der Waals surface area contributed by atoms with Crippen LogP contribution in [-0.4, -0.2) is 65.7 Å². The number of hydrogen-bond acceptors (Lipinski definition) is 4. The SMILES string of the molecule is CCCCCCCCCCCC(=O)C(O)C[N+](C)(C)CC(O)C(=O)CCCCCCCCCCC.[Cl-]. The summed E-state index contributed by atoms with van der Waals surface area (Å²) in [5, 5.41) is 20.8. The molecular weight excluding hydrogens is 474 g/mol. The lowest BCUT2D eigenvalue weighted by Gasteiger charge is -2.33. The number of ketones is 2. The summed E-state index contributed by atoms with van der Waals surface area (Å²) in [7, 11) is 3.73. The number of halogens is 1. The molecule has 0 saturated heterocycles. The highest BCUT2D eigenvalue weighted by atomic mass is 35.5. The molecule has 0 radical (unpaired) electrons. The van der Waals surface area contributed by atoms with E-state index in [9.17, 15) is 19.8 Å². The molecule has 2 atom stereocenters. The molecule has 0 aliphatic rings. The number of carbonyl (C=O) groups is 2. The number of carbonyl (C=O) groups excluding carboxylic acids is 2. The predicted molar refractivity (Wildman–Crippen MR) is 148 cm³/mol. The maximum Gasteiger partial charge on any atom is 0.167 e. The van der Waals surface area contributed by atoms with Gasteiger partial charge in [-0.1, -0.05) is 117 Å². The number of rotatable bonds is 26. The zero-order valence-corrected chi connectivity index (χ0v) is 25.0. The molecule has 0 amide bonds. The standard InChI is InChI=1S/C30H60NO4.ClH/c1-5-7-9-11-13-15-17-19-21-23-27(32)29(34)25-31(3,4)26-30(35)28(33)24-22-20-18-16-14-12-10-8-6-2;/h29-30,34-35H,5-26H2,1-4H3;1H/q+1;/p-1. The molecule has 0 aromatic carbocycles. The summed E-state index contributed by atoms with van der Waals surface area (Å²) < 4.78 is 0.259. The number of Topliss-reactive ketones (excluding diaryl/α,β-unsaturated/α-hetero) is 2. The smallest absolute Gasteiger partial charge is 0.167 e. The molecule has 0 aromatic heterocycles. The van der Waals surface area contributed by atoms with Crippen LogP contribution in [0.25, 0.3) is 0 Å². The van der Waals surface area contributed by atoms with Crippen molar-refractivity contribution in [3.63, 3.8) is 0 Å². The summed E-state index contributed by atoms with van der Waals surface area (Å²) >= 11 is 0. The molecule has 0 aliphatic carbocycles. The average Bonchev–Trinajstić information content (AvgIpc) is 2.80. The van der Waals surface area contributed by atoms with Crippen molar-refractivity contribution < 1.29 is 36.7 Å². The summed E-state index contributed by atoms with van der Waals surface area (Å²) in [5.41, 5.74) is 0. The van der Waals surface area contributed by atoms with E-state index in [4.69, 9.17) is 0 Å². The van der Waals surface area contributed by atoms with E-state index in [2.05, 4.69) is 13.8 Å². The van der Waals surface area contributed by atoms with Crippen molar-refractivity contribution in [2.24, 2.45) is 0 Å². The van der Waals surface area contributed by atoms with E-state index in [0.29, 0.717) is 12.8 Å². The van der Waals surface area contributed by atoms with Gasteiger partial charge in [-0.3, -0.25) is 9.59 Å². The molecule has 0 aliphatic heterocycles. The number of unbranched alkanes of at least 4 members (excludes halogenated alkanes) is 16. The number of hydrogen-bond donors (Lipinski definition) is 2. The predicted octanol–water partition coefficient (Wildman–Crippen LogP) is 3.77. The van der Waals surface area contributed by atoms with E-state index in [-0.39, 0.29) is 41.5 Å². The minimum Gasteiger partial charge on any atom is -1.00 e. The van der Waals surface area contributed by atoms with E-state index in [1.807, 2.05) is 14.1 Å². The van der Waals surface area contributed by atoms with Gasteiger partial charge in [0.05, 0.1) is 14.1 Å². The number of aliphatic hydroxyl groups is 2. The molecule has 0 aromatic rings. The van der Waals surface area contributed by atoms with E-state index in [1.54, 1.807) is 0 Å². The van der Waals surface area contributed by atoms with Gasteiger partial charge >= 0.3 is 0 Å². The Bertz CT molecular complexity index is 483. The topological polar surface area (TPSA) is 74.6 Å². The first-order valence-electron chi connectivity index (χ1n) is 15.0. The van der Waals surface area contributed by atoms with Crippen molar-refractivity contribution in [2.45, 2.75) is 154 Å². The van der Waals surface area contributed by atoms with Gasteiger partial charge in [0.2, 0.25) is 0 Å². The Morgan fingerprint density at radius 1 is 0.528 bits per heavy atom. The van der Waals surface area contributed by atoms with Gasteiger partial charge in [0.1, 0.15) is 13.1 Å². The lowest BCUT2D eigenvalue weighted by atomic mass is 10.0. The van der Waals surface area contributed by atoms with Crippen LogP contribution in [-0.2, 0) is 9.59 Å². The first-order valence-corrected chi connectivity index (χ1v) is 15.0. The lowest BCUT2D eigenvalue weighted by Crippen LogP contribution is -3.00. The third kappa shape index (κ3) is 22.7. The largest absolute Gasteiger partial charge is 1.00 e. The molecular formula is C30H60ClNO4. The average molecular weight is 534 g/mol. The summed E-state index contributed by atoms with van der Waals surface area (Å²) in [5.74, 6) is -0.232. The van der Waals surface area contributed by atoms with Crippen LogP contribution in [0.2, 0.25) is 0 Å². The third-order valence-corrected chi connectivity index (χ3v) is 7.13. The van der Waals surface area contributed by atoms with Gasteiger partial charge in [-0.05, 0) is 12.8 Å². The molecule has 6 heteroatoms. The normalized spacial score (nSPS) is 13.3. The fourth-order valence-electron chi connectivity index (χ4n) is 4.77. The van der Waals surface area contributed by atoms with Gasteiger partial charge < -0.3 is 27.1 Å². The number of aliphatic hydroxyl groups excluding tert-OH is 2. The van der Waals surface area contributed by atoms with Gasteiger partial charge in [-0.2, -0.15) is 0 Å². The second kappa shape index (κ2) is 24.8. The van der Waals surface area contributed by atoms with Gasteiger partial charge in [0.15, 0.2) is 23.8 Å². The Morgan fingerprint density at radius 3 is 1.06 bits per heavy atom. The van der Waals surface area contributed by atoms with Crippen molar-refractivity contribution >= 4 is 11.6 Å². The summed E-state index contributed by atoms with van der Waals surface area (Å²) in [6.07, 6.45) is 20.3. The van der Waals surface area contributed by atoms with Crippen molar-refractivity contribution in [2.75, 3.05) is 27.2 Å². The van der Waals surface area contributed by atoms with Crippen LogP contribution in [0.1, 0.15) is 142 Å². The fourth-order valence-corrected chi connectivity index (χ4v) is 4.77. The Hall–Kier alpha value is -0.490. The van der Waals surface area contributed by atoms with E-state index in [1.165, 1.54) is 77.0 Å². The maximum absolute atomic E-state index is 12.4. The summed E-state index contributed by atoms with van der Waals surface area (Å²) in [4.78, 5) is 24.7. The second-order valence-corrected chi connectivity index (χ2v) is 11.4. The Morgan fingerprint density at radius 2 is 0.778 bits per heavy atom. The van der Waals surface area contributed by atoms with Crippen molar-refractivity contribution in [1.29, 1.82) is 0 Å². The minimum absolute atomic E-state index is 0. The first kappa shape index (κ1) is 37.7. The van der Waals surface area contributed by atoms with Gasteiger partial charge in [-0.25, -0.2) is 0 Å². The monoisotopic (exact) mass is 533 g/mol. The van der Waals surface area contributed by atoms with E-state index >= 15 is 0 Å². The lowest BCUT2D eigenvalue weighted by molar-refractivity contribution is -0.894. The molecule has 5 nitrogen and oxygen atoms in total. The van der Waals surface area contributed by atoms with Crippen molar-refractivity contribution in [3.05, 3.63) is 0 Å². The highest BCUT2D eigenvalue weighted by molar-refractivity contribution is 5.83. The van der Waals surface area contributed by atoms with Crippen LogP contribution in [0, 0.1) is 0 Å². The highest BCUT2D eigenvalue weighted by Crippen LogP contribution is 2.14. The van der Waals surface area contributed by atoms with Crippen LogP contribution in [0.4, 0.5) is 0 Å². The molecule has 0 fully saturated rings. The molecule has 0 heterocycles. The van der Waals surface area contributed by atoms with Crippen molar-refractivity contribution in [1.82, 2.24) is 0 Å². The van der Waals surface area contributed by atoms with Crippen LogP contribution in [0.15, 0.2) is 0 Å². The Balaban J connectivity index is 0. The van der Waals surface area contributed by atoms with Crippen LogP contribution < -0.4 is 12.4 Å². The van der Waals surface area contributed by atoms with Gasteiger partial charge in [0.25, 0.3) is 0 Å². The molecule has 0 rings (SSSR count). The number of nitrogens with zero attached hydrogens (tertiary/aromatic N) is 1. The van der Waals surface area contributed by atoms with Gasteiger partial charge in [0, 0.05) is 12.8 Å². The molecule has 2 N–H and O–H groups in total. The summed E-state index contributed by atoms with van der Waals surface area (Å²) in [6, 6.07) is 0. The Labute approximate surface area is 229 Å². The van der Waals surface area contributed by atoms with Crippen LogP contribution in [0.3, 0.4) is 0 Å². The molecule has 36 heavy (non-hydrogen) atoms. The number of quaternary nitrogens is 1. The quantitative estimate of drug-likeness (QED) is 0.131.